The van der Waals surface area contributed by atoms with Crippen molar-refractivity contribution in [2.75, 3.05) is 44.2 Å². The van der Waals surface area contributed by atoms with E-state index in [4.69, 9.17) is 21.9 Å². The molecule has 1 aromatic carbocycles. The molecule has 2 fully saturated rings. The second-order valence-electron chi connectivity index (χ2n) is 9.28. The monoisotopic (exact) mass is 563 g/mol. The average molecular weight is 564 g/mol. The van der Waals surface area contributed by atoms with E-state index in [9.17, 15) is 14.4 Å². The molecule has 2 aliphatic rings. The molecule has 0 saturated carbocycles. The molecular formula is C28H29N5O4S2. The van der Waals surface area contributed by atoms with Crippen LogP contribution in [-0.4, -0.2) is 74.8 Å². The SMILES string of the molecule is CCOC(=O)N1CCN(c2nc3c(C)cccn3c(=O)c2C=C2SC(=S)N(CCc3ccccc3)C2=O)CC1. The number of ether oxygens (including phenoxy) is 1. The van der Waals surface area contributed by atoms with Crippen LogP contribution in [0.5, 0.6) is 0 Å². The van der Waals surface area contributed by atoms with Crippen LogP contribution in [0.15, 0.2) is 58.4 Å². The number of carbonyl (C=O) groups excluding carboxylic acids is 2. The third-order valence-electron chi connectivity index (χ3n) is 6.79. The Morgan fingerprint density at radius 1 is 1.10 bits per heavy atom. The molecule has 0 spiro atoms. The molecule has 0 unspecified atom stereocenters. The Balaban J connectivity index is 1.47. The fourth-order valence-corrected chi connectivity index (χ4v) is 5.98. The predicted octanol–water partition coefficient (Wildman–Crippen LogP) is 3.73. The smallest absolute Gasteiger partial charge is 0.409 e. The molecule has 3 aromatic rings. The van der Waals surface area contributed by atoms with Gasteiger partial charge in [-0.2, -0.15) is 0 Å². The molecule has 0 N–H and O–H groups in total. The molecule has 0 bridgehead atoms. The molecule has 2 amide bonds. The lowest BCUT2D eigenvalue weighted by molar-refractivity contribution is -0.122. The quantitative estimate of drug-likeness (QED) is 0.331. The van der Waals surface area contributed by atoms with Crippen molar-refractivity contribution in [2.24, 2.45) is 0 Å². The number of aromatic nitrogens is 2. The maximum absolute atomic E-state index is 13.8. The van der Waals surface area contributed by atoms with Gasteiger partial charge in [-0.05, 0) is 43.5 Å². The Morgan fingerprint density at radius 2 is 1.85 bits per heavy atom. The number of hydrogen-bond acceptors (Lipinski definition) is 8. The summed E-state index contributed by atoms with van der Waals surface area (Å²) in [5.41, 5.74) is 2.59. The summed E-state index contributed by atoms with van der Waals surface area (Å²) in [6, 6.07) is 13.6. The van der Waals surface area contributed by atoms with E-state index in [1.54, 1.807) is 35.1 Å². The highest BCUT2D eigenvalue weighted by molar-refractivity contribution is 8.26. The predicted molar refractivity (Wildman–Crippen MR) is 157 cm³/mol. The summed E-state index contributed by atoms with van der Waals surface area (Å²) in [6.45, 7) is 6.29. The lowest BCUT2D eigenvalue weighted by Crippen LogP contribution is -2.49. The van der Waals surface area contributed by atoms with Gasteiger partial charge >= 0.3 is 6.09 Å². The van der Waals surface area contributed by atoms with Gasteiger partial charge in [-0.25, -0.2) is 9.78 Å². The first-order valence-corrected chi connectivity index (χ1v) is 14.1. The van der Waals surface area contributed by atoms with Crippen LogP contribution < -0.4 is 10.5 Å². The molecule has 5 rings (SSSR count). The number of pyridine rings is 1. The number of carbonyl (C=O) groups is 2. The highest BCUT2D eigenvalue weighted by Crippen LogP contribution is 2.34. The number of piperazine rings is 1. The minimum Gasteiger partial charge on any atom is -0.450 e. The van der Waals surface area contributed by atoms with Gasteiger partial charge in [0, 0.05) is 38.9 Å². The summed E-state index contributed by atoms with van der Waals surface area (Å²) in [5, 5.41) is 0. The number of rotatable bonds is 6. The zero-order chi connectivity index (χ0) is 27.5. The molecule has 0 radical (unpaired) electrons. The second kappa shape index (κ2) is 11.6. The van der Waals surface area contributed by atoms with E-state index in [1.807, 2.05) is 48.2 Å². The Hall–Kier alpha value is -3.70. The van der Waals surface area contributed by atoms with Crippen molar-refractivity contribution in [3.05, 3.63) is 80.6 Å². The number of amides is 2. The first kappa shape index (κ1) is 26.9. The topological polar surface area (TPSA) is 87.5 Å². The fourth-order valence-electron chi connectivity index (χ4n) is 4.69. The summed E-state index contributed by atoms with van der Waals surface area (Å²) in [4.78, 5) is 49.9. The highest BCUT2D eigenvalue weighted by Gasteiger charge is 2.33. The third-order valence-corrected chi connectivity index (χ3v) is 8.16. The average Bonchev–Trinajstić information content (AvgIpc) is 3.21. The molecule has 11 heteroatoms. The van der Waals surface area contributed by atoms with Crippen molar-refractivity contribution in [1.29, 1.82) is 0 Å². The highest BCUT2D eigenvalue weighted by atomic mass is 32.2. The summed E-state index contributed by atoms with van der Waals surface area (Å²) in [5.74, 6) is 0.278. The van der Waals surface area contributed by atoms with Crippen LogP contribution in [0.3, 0.4) is 0 Å². The molecule has 2 aromatic heterocycles. The standard InChI is InChI=1S/C28H29N5O4S2/c1-3-37-27(36)31-16-14-30(15-17-31)24-21(25(34)32-12-7-8-19(2)23(32)29-24)18-22-26(35)33(28(38)39-22)13-11-20-9-5-4-6-10-20/h4-10,12,18H,3,11,13-17H2,1-2H3. The van der Waals surface area contributed by atoms with Crippen LogP contribution in [-0.2, 0) is 16.0 Å². The molecule has 2 aliphatic heterocycles. The van der Waals surface area contributed by atoms with Gasteiger partial charge in [-0.3, -0.25) is 18.9 Å². The van der Waals surface area contributed by atoms with E-state index in [0.717, 1.165) is 11.1 Å². The van der Waals surface area contributed by atoms with E-state index < -0.39 is 0 Å². The minimum atomic E-state index is -0.348. The normalized spacial score (nSPS) is 17.0. The molecule has 0 atom stereocenters. The van der Waals surface area contributed by atoms with Crippen LogP contribution in [0.1, 0.15) is 23.6 Å². The Morgan fingerprint density at radius 3 is 2.56 bits per heavy atom. The number of thioether (sulfide) groups is 1. The number of aryl methyl sites for hydroxylation is 1. The van der Waals surface area contributed by atoms with Crippen molar-refractivity contribution >= 4 is 57.8 Å². The van der Waals surface area contributed by atoms with Crippen molar-refractivity contribution in [3.63, 3.8) is 0 Å². The van der Waals surface area contributed by atoms with Gasteiger partial charge in [0.05, 0.1) is 17.1 Å². The largest absolute Gasteiger partial charge is 0.450 e. The van der Waals surface area contributed by atoms with E-state index in [0.29, 0.717) is 72.0 Å². The third kappa shape index (κ3) is 5.55. The molecule has 39 heavy (non-hydrogen) atoms. The number of anilines is 1. The lowest BCUT2D eigenvalue weighted by atomic mass is 10.1. The number of hydrogen-bond donors (Lipinski definition) is 0. The summed E-state index contributed by atoms with van der Waals surface area (Å²) in [6.07, 6.45) is 3.64. The van der Waals surface area contributed by atoms with Crippen LogP contribution >= 0.6 is 24.0 Å². The first-order chi connectivity index (χ1) is 18.9. The van der Waals surface area contributed by atoms with Crippen molar-refractivity contribution in [3.8, 4) is 0 Å². The second-order valence-corrected chi connectivity index (χ2v) is 11.0. The maximum Gasteiger partial charge on any atom is 0.409 e. The van der Waals surface area contributed by atoms with Gasteiger partial charge in [0.2, 0.25) is 0 Å². The summed E-state index contributed by atoms with van der Waals surface area (Å²) < 4.78 is 7.12. The molecule has 2 saturated heterocycles. The number of fused-ring (bicyclic) bond motifs is 1. The van der Waals surface area contributed by atoms with Gasteiger partial charge in [-0.15, -0.1) is 0 Å². The van der Waals surface area contributed by atoms with Gasteiger partial charge in [0.1, 0.15) is 15.8 Å². The number of thiocarbonyl (C=S) groups is 1. The van der Waals surface area contributed by atoms with E-state index in [1.165, 1.54) is 16.2 Å². The summed E-state index contributed by atoms with van der Waals surface area (Å²) >= 11 is 6.74. The Kier molecular flexibility index (Phi) is 7.99. The number of benzene rings is 1. The van der Waals surface area contributed by atoms with Crippen LogP contribution in [0.4, 0.5) is 10.6 Å². The van der Waals surface area contributed by atoms with E-state index in [-0.39, 0.29) is 17.6 Å². The molecular weight excluding hydrogens is 534 g/mol. The van der Waals surface area contributed by atoms with Crippen LogP contribution in [0.25, 0.3) is 11.7 Å². The fraction of sp³-hybridized carbons (Fsp3) is 0.321. The van der Waals surface area contributed by atoms with E-state index in [2.05, 4.69) is 0 Å². The summed E-state index contributed by atoms with van der Waals surface area (Å²) in [7, 11) is 0. The van der Waals surface area contributed by atoms with E-state index >= 15 is 0 Å². The number of nitrogens with zero attached hydrogens (tertiary/aromatic N) is 5. The van der Waals surface area contributed by atoms with Gasteiger partial charge < -0.3 is 14.5 Å². The van der Waals surface area contributed by atoms with Crippen LogP contribution in [0, 0.1) is 6.92 Å². The van der Waals surface area contributed by atoms with Crippen molar-refractivity contribution < 1.29 is 14.3 Å². The minimum absolute atomic E-state index is 0.215. The van der Waals surface area contributed by atoms with Gasteiger partial charge in [-0.1, -0.05) is 60.4 Å². The Labute approximate surface area is 236 Å². The van der Waals surface area contributed by atoms with Gasteiger partial charge in [0.25, 0.3) is 11.5 Å². The first-order valence-electron chi connectivity index (χ1n) is 12.8. The maximum atomic E-state index is 13.8. The zero-order valence-electron chi connectivity index (χ0n) is 21.8. The molecule has 0 aliphatic carbocycles. The Bertz CT molecular complexity index is 1510. The molecule has 9 nitrogen and oxygen atoms in total. The molecule has 202 valence electrons. The van der Waals surface area contributed by atoms with Crippen molar-refractivity contribution in [2.45, 2.75) is 20.3 Å². The van der Waals surface area contributed by atoms with Gasteiger partial charge in [0.15, 0.2) is 0 Å². The molecule has 4 heterocycles. The zero-order valence-corrected chi connectivity index (χ0v) is 23.5. The van der Waals surface area contributed by atoms with Crippen molar-refractivity contribution in [1.82, 2.24) is 19.2 Å². The lowest BCUT2D eigenvalue weighted by Gasteiger charge is -2.35. The van der Waals surface area contributed by atoms with Crippen LogP contribution in [0.2, 0.25) is 0 Å².